The Labute approximate surface area is 239 Å². The summed E-state index contributed by atoms with van der Waals surface area (Å²) in [5.74, 6) is -3.34. The third kappa shape index (κ3) is 43.9. The van der Waals surface area contributed by atoms with Gasteiger partial charge in [-0.2, -0.15) is 0 Å². The Morgan fingerprint density at radius 1 is 0.732 bits per heavy atom. The van der Waals surface area contributed by atoms with E-state index in [9.17, 15) is 28.8 Å². The van der Waals surface area contributed by atoms with Gasteiger partial charge in [0.1, 0.15) is 12.2 Å². The van der Waals surface area contributed by atoms with E-state index < -0.39 is 35.8 Å². The van der Waals surface area contributed by atoms with E-state index in [2.05, 4.69) is 16.4 Å². The molecule has 0 aliphatic heterocycles. The van der Waals surface area contributed by atoms with Crippen LogP contribution in [0.15, 0.2) is 0 Å². The van der Waals surface area contributed by atoms with E-state index in [1.54, 1.807) is 6.92 Å². The SMILES string of the molecule is CC(O)C(=O)NCCO.CC(O)C(N)=O.CCC(=O)NCCO.CCCC(N)=O.NC(=O)C(=O)N(CCO)CCO. The van der Waals surface area contributed by atoms with Crippen molar-refractivity contribution in [3.63, 3.8) is 0 Å². The van der Waals surface area contributed by atoms with E-state index in [0.717, 1.165) is 11.3 Å². The van der Waals surface area contributed by atoms with Crippen molar-refractivity contribution in [2.75, 3.05) is 52.6 Å². The van der Waals surface area contributed by atoms with Crippen molar-refractivity contribution in [1.82, 2.24) is 15.5 Å². The zero-order valence-corrected chi connectivity index (χ0v) is 24.2. The van der Waals surface area contributed by atoms with Crippen molar-refractivity contribution >= 4 is 35.4 Å². The van der Waals surface area contributed by atoms with Gasteiger partial charge in [-0.25, -0.2) is 0 Å². The number of aliphatic hydroxyl groups excluding tert-OH is 6. The monoisotopic (exact) mass is 602 g/mol. The van der Waals surface area contributed by atoms with Gasteiger partial charge in [0.05, 0.1) is 26.4 Å². The van der Waals surface area contributed by atoms with Gasteiger partial charge in [0.15, 0.2) is 0 Å². The van der Waals surface area contributed by atoms with Gasteiger partial charge in [-0.15, -0.1) is 0 Å². The molecule has 41 heavy (non-hydrogen) atoms. The third-order valence-electron chi connectivity index (χ3n) is 3.69. The molecule has 18 nitrogen and oxygen atoms in total. The quantitative estimate of drug-likeness (QED) is 0.0879. The second-order valence-electron chi connectivity index (χ2n) is 7.52. The summed E-state index contributed by atoms with van der Waals surface area (Å²) in [6.07, 6.45) is -0.142. The molecule has 14 N–H and O–H groups in total. The topological polar surface area (TPSA) is 329 Å². The molecule has 0 aliphatic rings. The molecular formula is C23H50N6O12. The summed E-state index contributed by atoms with van der Waals surface area (Å²) in [4.78, 5) is 62.5. The zero-order valence-electron chi connectivity index (χ0n) is 24.2. The van der Waals surface area contributed by atoms with Gasteiger partial charge in [-0.05, 0) is 20.3 Å². The molecule has 244 valence electrons. The number of nitrogens with one attached hydrogen (secondary N) is 2. The van der Waals surface area contributed by atoms with Crippen molar-refractivity contribution in [2.45, 2.75) is 59.2 Å². The predicted octanol–water partition coefficient (Wildman–Crippen LogP) is -5.61. The van der Waals surface area contributed by atoms with Crippen LogP contribution in [0.2, 0.25) is 0 Å². The fraction of sp³-hybridized carbons (Fsp3) is 0.739. The molecule has 18 heteroatoms. The molecule has 0 aromatic heterocycles. The Balaban J connectivity index is -0.000000135. The molecule has 0 radical (unpaired) electrons. The molecule has 2 atom stereocenters. The number of nitrogens with zero attached hydrogens (tertiary/aromatic N) is 1. The lowest BCUT2D eigenvalue weighted by atomic mass is 10.3. The molecule has 0 aromatic carbocycles. The molecule has 0 spiro atoms. The molecule has 0 aliphatic carbocycles. The molecule has 0 aromatic rings. The van der Waals surface area contributed by atoms with Gasteiger partial charge in [0.25, 0.3) is 0 Å². The van der Waals surface area contributed by atoms with Crippen LogP contribution in [0.25, 0.3) is 0 Å². The van der Waals surface area contributed by atoms with E-state index >= 15 is 0 Å². The summed E-state index contributed by atoms with van der Waals surface area (Å²) in [6.45, 7) is 6.34. The van der Waals surface area contributed by atoms with Gasteiger partial charge < -0.3 is 63.4 Å². The van der Waals surface area contributed by atoms with Gasteiger partial charge in [-0.3, -0.25) is 28.8 Å². The van der Waals surface area contributed by atoms with Crippen molar-refractivity contribution in [3.8, 4) is 0 Å². The fourth-order valence-electron chi connectivity index (χ4n) is 1.61. The summed E-state index contributed by atoms with van der Waals surface area (Å²) in [5.41, 5.74) is 14.0. The molecule has 0 fully saturated rings. The molecule has 0 heterocycles. The van der Waals surface area contributed by atoms with Crippen LogP contribution in [0.5, 0.6) is 0 Å². The van der Waals surface area contributed by atoms with E-state index in [-0.39, 0.29) is 57.9 Å². The smallest absolute Gasteiger partial charge is 0.311 e. The number of amides is 6. The van der Waals surface area contributed by atoms with Crippen LogP contribution in [0.1, 0.15) is 47.0 Å². The van der Waals surface area contributed by atoms with E-state index in [1.165, 1.54) is 13.8 Å². The highest BCUT2D eigenvalue weighted by Gasteiger charge is 2.17. The number of hydrogen-bond donors (Lipinski definition) is 11. The lowest BCUT2D eigenvalue weighted by Crippen LogP contribution is -2.43. The molecule has 0 saturated carbocycles. The lowest BCUT2D eigenvalue weighted by molar-refractivity contribution is -0.144. The van der Waals surface area contributed by atoms with Gasteiger partial charge in [0, 0.05) is 39.0 Å². The first-order valence-corrected chi connectivity index (χ1v) is 12.5. The summed E-state index contributed by atoms with van der Waals surface area (Å²) >= 11 is 0. The van der Waals surface area contributed by atoms with Crippen LogP contribution in [0, 0.1) is 0 Å². The van der Waals surface area contributed by atoms with Crippen LogP contribution >= 0.6 is 0 Å². The number of primary amides is 3. The predicted molar refractivity (Wildman–Crippen MR) is 147 cm³/mol. The number of nitrogens with two attached hydrogens (primary N) is 3. The van der Waals surface area contributed by atoms with Crippen molar-refractivity contribution in [1.29, 1.82) is 0 Å². The van der Waals surface area contributed by atoms with E-state index in [0.29, 0.717) is 19.4 Å². The number of hydrogen-bond acceptors (Lipinski definition) is 12. The highest BCUT2D eigenvalue weighted by Crippen LogP contribution is 1.87. The van der Waals surface area contributed by atoms with E-state index in [4.69, 9.17) is 42.1 Å². The van der Waals surface area contributed by atoms with Crippen molar-refractivity contribution in [2.24, 2.45) is 17.2 Å². The second-order valence-corrected chi connectivity index (χ2v) is 7.52. The molecule has 0 rings (SSSR count). The first kappa shape index (κ1) is 47.4. The van der Waals surface area contributed by atoms with Gasteiger partial charge in [0.2, 0.25) is 23.6 Å². The number of aliphatic hydroxyl groups is 6. The number of rotatable bonds is 13. The molecule has 0 saturated heterocycles. The van der Waals surface area contributed by atoms with Crippen LogP contribution < -0.4 is 27.8 Å². The minimum atomic E-state index is -1.09. The maximum absolute atomic E-state index is 10.9. The van der Waals surface area contributed by atoms with Crippen LogP contribution in [-0.4, -0.2) is 136 Å². The second kappa shape index (κ2) is 34.6. The lowest BCUT2D eigenvalue weighted by Gasteiger charge is -2.17. The third-order valence-corrected chi connectivity index (χ3v) is 3.69. The number of carbonyl (C=O) groups is 6. The Bertz CT molecular complexity index is 703. The largest absolute Gasteiger partial charge is 0.395 e. The molecule has 2 unspecified atom stereocenters. The average Bonchev–Trinajstić information content (AvgIpc) is 2.90. The highest BCUT2D eigenvalue weighted by molar-refractivity contribution is 6.34. The van der Waals surface area contributed by atoms with Crippen LogP contribution in [0.4, 0.5) is 0 Å². The maximum Gasteiger partial charge on any atom is 0.311 e. The Kier molecular flexibility index (Phi) is 40.0. The van der Waals surface area contributed by atoms with Crippen LogP contribution in [0.3, 0.4) is 0 Å². The summed E-state index contributed by atoms with van der Waals surface area (Å²) in [5, 5.41) is 54.8. The number of carbonyl (C=O) groups excluding carboxylic acids is 6. The standard InChI is InChI=1S/C6H12N2O4.C5H11NO3.C5H11NO2.C4H9NO.C3H7NO2/c7-5(11)6(12)8(1-3-9)2-4-10;1-4(8)5(9)6-2-3-7;1-2-5(8)6-3-4-7;1-2-3-4(5)6;1-2(5)3(4)6/h9-10H,1-4H2,(H2,7,11);4,7-8H,2-3H2,1H3,(H,6,9);7H,2-4H2,1H3,(H,6,8);2-3H2,1H3,(H2,5,6);2,5H,1H3,(H2,4,6). The zero-order chi connectivity index (χ0) is 33.4. The summed E-state index contributed by atoms with van der Waals surface area (Å²) in [7, 11) is 0. The normalized spacial score (nSPS) is 10.5. The van der Waals surface area contributed by atoms with Crippen molar-refractivity contribution in [3.05, 3.63) is 0 Å². The van der Waals surface area contributed by atoms with Gasteiger partial charge >= 0.3 is 11.8 Å². The Morgan fingerprint density at radius 3 is 1.37 bits per heavy atom. The minimum Gasteiger partial charge on any atom is -0.395 e. The first-order chi connectivity index (χ1) is 19.0. The molecular weight excluding hydrogens is 552 g/mol. The molecule has 0 bridgehead atoms. The first-order valence-electron chi connectivity index (χ1n) is 12.5. The summed E-state index contributed by atoms with van der Waals surface area (Å²) < 4.78 is 0. The molecule has 6 amide bonds. The van der Waals surface area contributed by atoms with E-state index in [1.807, 2.05) is 6.92 Å². The minimum absolute atomic E-state index is 0.00231. The highest BCUT2D eigenvalue weighted by atomic mass is 16.3. The average molecular weight is 603 g/mol. The van der Waals surface area contributed by atoms with Crippen LogP contribution in [-0.2, 0) is 28.8 Å². The van der Waals surface area contributed by atoms with Gasteiger partial charge in [-0.1, -0.05) is 13.8 Å². The Hall–Kier alpha value is -3.42. The Morgan fingerprint density at radius 2 is 1.15 bits per heavy atom. The van der Waals surface area contributed by atoms with Crippen molar-refractivity contribution < 1.29 is 59.4 Å². The summed E-state index contributed by atoms with van der Waals surface area (Å²) in [6, 6.07) is 0. The maximum atomic E-state index is 10.9. The fourth-order valence-corrected chi connectivity index (χ4v) is 1.61.